The van der Waals surface area contributed by atoms with Gasteiger partial charge in [-0.2, -0.15) is 0 Å². The first-order chi connectivity index (χ1) is 9.38. The Morgan fingerprint density at radius 2 is 2.05 bits per heavy atom. The van der Waals surface area contributed by atoms with Gasteiger partial charge in [0.1, 0.15) is 11.5 Å². The minimum atomic E-state index is 0.175. The van der Waals surface area contributed by atoms with E-state index in [4.69, 9.17) is 8.97 Å². The molecule has 0 radical (unpaired) electrons. The van der Waals surface area contributed by atoms with Crippen LogP contribution in [0.3, 0.4) is 0 Å². The van der Waals surface area contributed by atoms with Crippen LogP contribution in [-0.4, -0.2) is 9.54 Å². The molecule has 1 aliphatic carbocycles. The molecule has 1 aliphatic rings. The van der Waals surface area contributed by atoms with Gasteiger partial charge in [-0.25, -0.2) is 4.98 Å². The number of benzene rings is 1. The molecule has 19 heavy (non-hydrogen) atoms. The van der Waals surface area contributed by atoms with Gasteiger partial charge in [0.05, 0.1) is 12.0 Å². The van der Waals surface area contributed by atoms with E-state index in [2.05, 4.69) is 17.1 Å². The van der Waals surface area contributed by atoms with Crippen LogP contribution in [0, 0.1) is 0 Å². The fourth-order valence-corrected chi connectivity index (χ4v) is 2.44. The van der Waals surface area contributed by atoms with Crippen LogP contribution in [0.15, 0.2) is 64.3 Å². The Bertz CT molecular complexity index is 616. The van der Waals surface area contributed by atoms with Gasteiger partial charge in [-0.15, -0.1) is 0 Å². The van der Waals surface area contributed by atoms with E-state index in [1.165, 1.54) is 0 Å². The molecule has 4 heteroatoms. The Morgan fingerprint density at radius 1 is 1.21 bits per heavy atom. The Kier molecular flexibility index (Phi) is 3.53. The zero-order valence-electron chi connectivity index (χ0n) is 10.2. The number of aromatic nitrogens is 1. The second-order valence-electron chi connectivity index (χ2n) is 4.31. The standard InChI is InChI=1S/C15H13NO2S/c17-19-15-16-13(11-7-3-1-4-8-11)14(18-15)12-9-5-2-6-10-12/h1-9,12,17H,10H2. The van der Waals surface area contributed by atoms with Crippen LogP contribution in [0.2, 0.25) is 0 Å². The van der Waals surface area contributed by atoms with Crippen LogP contribution in [-0.2, 0) is 0 Å². The van der Waals surface area contributed by atoms with Crippen LogP contribution in [0.5, 0.6) is 0 Å². The lowest BCUT2D eigenvalue weighted by Crippen LogP contribution is -1.96. The Labute approximate surface area is 115 Å². The number of oxazole rings is 1. The number of hydrogen-bond acceptors (Lipinski definition) is 4. The van der Waals surface area contributed by atoms with Crippen molar-refractivity contribution in [1.82, 2.24) is 4.98 Å². The van der Waals surface area contributed by atoms with Crippen molar-refractivity contribution in [3.8, 4) is 11.3 Å². The van der Waals surface area contributed by atoms with E-state index in [1.807, 2.05) is 42.5 Å². The van der Waals surface area contributed by atoms with Crippen LogP contribution >= 0.6 is 12.0 Å². The normalized spacial score (nSPS) is 17.8. The minimum absolute atomic E-state index is 0.175. The molecule has 0 spiro atoms. The largest absolute Gasteiger partial charge is 0.434 e. The molecule has 0 saturated carbocycles. The molecule has 1 heterocycles. The van der Waals surface area contributed by atoms with Crippen molar-refractivity contribution in [2.24, 2.45) is 0 Å². The number of allylic oxidation sites excluding steroid dienone is 4. The summed E-state index contributed by atoms with van der Waals surface area (Å²) in [6.45, 7) is 0. The molecule has 2 aromatic rings. The highest BCUT2D eigenvalue weighted by Gasteiger charge is 2.21. The first-order valence-electron chi connectivity index (χ1n) is 6.09. The third kappa shape index (κ3) is 2.50. The van der Waals surface area contributed by atoms with Crippen LogP contribution < -0.4 is 0 Å². The summed E-state index contributed by atoms with van der Waals surface area (Å²) >= 11 is 0.543. The first kappa shape index (κ1) is 12.3. The van der Waals surface area contributed by atoms with E-state index in [0.717, 1.165) is 23.4 Å². The molecule has 1 unspecified atom stereocenters. The monoisotopic (exact) mass is 271 g/mol. The van der Waals surface area contributed by atoms with Crippen molar-refractivity contribution in [3.63, 3.8) is 0 Å². The van der Waals surface area contributed by atoms with Crippen molar-refractivity contribution in [3.05, 3.63) is 60.4 Å². The maximum Gasteiger partial charge on any atom is 0.284 e. The van der Waals surface area contributed by atoms with E-state index in [9.17, 15) is 0 Å². The average Bonchev–Trinajstić information content (AvgIpc) is 2.93. The molecular formula is C15H13NO2S. The SMILES string of the molecule is OSc1nc(-c2ccccc2)c(C2C=CC=CC2)o1. The van der Waals surface area contributed by atoms with E-state index >= 15 is 0 Å². The van der Waals surface area contributed by atoms with Gasteiger partial charge >= 0.3 is 0 Å². The maximum atomic E-state index is 9.15. The Morgan fingerprint density at radius 3 is 2.74 bits per heavy atom. The maximum absolute atomic E-state index is 9.15. The molecule has 1 N–H and O–H groups in total. The van der Waals surface area contributed by atoms with Gasteiger partial charge in [0.15, 0.2) is 0 Å². The second-order valence-corrected chi connectivity index (χ2v) is 4.84. The van der Waals surface area contributed by atoms with Crippen LogP contribution in [0.1, 0.15) is 18.1 Å². The molecule has 3 nitrogen and oxygen atoms in total. The van der Waals surface area contributed by atoms with Gasteiger partial charge in [-0.1, -0.05) is 54.6 Å². The zero-order valence-corrected chi connectivity index (χ0v) is 11.0. The van der Waals surface area contributed by atoms with Gasteiger partial charge < -0.3 is 8.97 Å². The molecule has 1 atom stereocenters. The summed E-state index contributed by atoms with van der Waals surface area (Å²) in [5.41, 5.74) is 1.81. The van der Waals surface area contributed by atoms with Gasteiger partial charge in [0.25, 0.3) is 5.22 Å². The molecule has 0 aliphatic heterocycles. The molecule has 0 fully saturated rings. The highest BCUT2D eigenvalue weighted by atomic mass is 32.2. The summed E-state index contributed by atoms with van der Waals surface area (Å²) in [5.74, 6) is 0.983. The number of nitrogens with zero attached hydrogens (tertiary/aromatic N) is 1. The highest BCUT2D eigenvalue weighted by Crippen LogP contribution is 2.35. The molecule has 0 bridgehead atoms. The van der Waals surface area contributed by atoms with Gasteiger partial charge in [0.2, 0.25) is 0 Å². The fraction of sp³-hybridized carbons (Fsp3) is 0.133. The Balaban J connectivity index is 2.05. The predicted octanol–water partition coefficient (Wildman–Crippen LogP) is 4.51. The zero-order chi connectivity index (χ0) is 13.1. The first-order valence-corrected chi connectivity index (χ1v) is 6.86. The second kappa shape index (κ2) is 5.47. The molecule has 3 rings (SSSR count). The summed E-state index contributed by atoms with van der Waals surface area (Å²) in [6, 6.07) is 9.89. The van der Waals surface area contributed by atoms with Crippen molar-refractivity contribution in [2.75, 3.05) is 0 Å². The predicted molar refractivity (Wildman–Crippen MR) is 76.1 cm³/mol. The summed E-state index contributed by atoms with van der Waals surface area (Å²) in [7, 11) is 0. The summed E-state index contributed by atoms with van der Waals surface area (Å²) in [6.07, 6.45) is 9.13. The van der Waals surface area contributed by atoms with Gasteiger partial charge in [-0.3, -0.25) is 0 Å². The lowest BCUT2D eigenvalue weighted by Gasteiger charge is -2.11. The van der Waals surface area contributed by atoms with E-state index in [1.54, 1.807) is 0 Å². The summed E-state index contributed by atoms with van der Waals surface area (Å²) in [4.78, 5) is 4.36. The third-order valence-corrected chi connectivity index (χ3v) is 3.41. The third-order valence-electron chi connectivity index (χ3n) is 3.08. The summed E-state index contributed by atoms with van der Waals surface area (Å²) in [5, 5.41) is 0.289. The number of rotatable bonds is 3. The molecule has 96 valence electrons. The average molecular weight is 271 g/mol. The smallest absolute Gasteiger partial charge is 0.284 e. The molecule has 0 amide bonds. The Hall–Kier alpha value is -1.78. The molecule has 1 aromatic carbocycles. The van der Waals surface area contributed by atoms with E-state index < -0.39 is 0 Å². The minimum Gasteiger partial charge on any atom is -0.434 e. The quantitative estimate of drug-likeness (QED) is 0.834. The molecular weight excluding hydrogens is 258 g/mol. The highest BCUT2D eigenvalue weighted by molar-refractivity contribution is 7.93. The van der Waals surface area contributed by atoms with Gasteiger partial charge in [-0.05, 0) is 6.42 Å². The van der Waals surface area contributed by atoms with E-state index in [-0.39, 0.29) is 11.1 Å². The van der Waals surface area contributed by atoms with Crippen molar-refractivity contribution in [2.45, 2.75) is 17.6 Å². The topological polar surface area (TPSA) is 46.3 Å². The molecule has 0 saturated heterocycles. The fourth-order valence-electron chi connectivity index (χ4n) is 2.18. The lowest BCUT2D eigenvalue weighted by molar-refractivity contribution is 0.397. The van der Waals surface area contributed by atoms with E-state index in [0.29, 0.717) is 12.0 Å². The summed E-state index contributed by atoms with van der Waals surface area (Å²) < 4.78 is 14.8. The van der Waals surface area contributed by atoms with Crippen LogP contribution in [0.25, 0.3) is 11.3 Å². The number of hydrogen-bond donors (Lipinski definition) is 1. The molecule has 1 aromatic heterocycles. The lowest BCUT2D eigenvalue weighted by atomic mass is 9.95. The van der Waals surface area contributed by atoms with Crippen LogP contribution in [0.4, 0.5) is 0 Å². The van der Waals surface area contributed by atoms with Gasteiger partial charge in [0, 0.05) is 11.5 Å². The van der Waals surface area contributed by atoms with Crippen molar-refractivity contribution < 1.29 is 8.97 Å². The van der Waals surface area contributed by atoms with Crippen molar-refractivity contribution >= 4 is 12.0 Å². The van der Waals surface area contributed by atoms with Crippen molar-refractivity contribution in [1.29, 1.82) is 0 Å².